The van der Waals surface area contributed by atoms with Crippen LogP contribution in [0.25, 0.3) is 22.3 Å². The van der Waals surface area contributed by atoms with Gasteiger partial charge in [-0.1, -0.05) is 63.3 Å². The SMILES string of the molecule is CCCCCc1c(C2CCCCC2)nc2nnnc-2c2ccccc12. The van der Waals surface area contributed by atoms with Gasteiger partial charge >= 0.3 is 0 Å². The van der Waals surface area contributed by atoms with Crippen LogP contribution in [0.3, 0.4) is 0 Å². The van der Waals surface area contributed by atoms with Gasteiger partial charge in [-0.05, 0) is 41.8 Å². The van der Waals surface area contributed by atoms with Crippen LogP contribution in [0.4, 0.5) is 0 Å². The Morgan fingerprint density at radius 3 is 2.56 bits per heavy atom. The minimum absolute atomic E-state index is 0.557. The number of fused-ring (bicyclic) bond motifs is 3. The van der Waals surface area contributed by atoms with Crippen LogP contribution in [0.15, 0.2) is 24.3 Å². The first-order valence-electron chi connectivity index (χ1n) is 9.79. The van der Waals surface area contributed by atoms with E-state index >= 15 is 0 Å². The quantitative estimate of drug-likeness (QED) is 0.594. The molecule has 0 aromatic heterocycles. The highest BCUT2D eigenvalue weighted by Gasteiger charge is 2.24. The molecule has 1 aromatic rings. The normalized spacial score (nSPS) is 15.9. The Balaban J connectivity index is 1.93. The van der Waals surface area contributed by atoms with Crippen molar-refractivity contribution >= 4 is 10.8 Å². The lowest BCUT2D eigenvalue weighted by Gasteiger charge is -2.23. The van der Waals surface area contributed by atoms with Crippen LogP contribution in [-0.2, 0) is 6.42 Å². The maximum absolute atomic E-state index is 5.04. The number of hydrogen-bond donors (Lipinski definition) is 0. The molecule has 0 radical (unpaired) electrons. The smallest absolute Gasteiger partial charge is 0.205 e. The van der Waals surface area contributed by atoms with Crippen LogP contribution in [0.5, 0.6) is 0 Å². The van der Waals surface area contributed by atoms with Gasteiger partial charge < -0.3 is 0 Å². The zero-order valence-corrected chi connectivity index (χ0v) is 15.0. The van der Waals surface area contributed by atoms with Crippen LogP contribution in [-0.4, -0.2) is 20.4 Å². The maximum atomic E-state index is 5.04. The Bertz CT molecular complexity index is 823. The second-order valence-corrected chi connectivity index (χ2v) is 7.27. The fourth-order valence-electron chi connectivity index (χ4n) is 4.25. The third kappa shape index (κ3) is 3.22. The van der Waals surface area contributed by atoms with Crippen molar-refractivity contribution in [3.8, 4) is 11.5 Å². The average Bonchev–Trinajstić information content (AvgIpc) is 3.08. The monoisotopic (exact) mass is 334 g/mol. The lowest BCUT2D eigenvalue weighted by molar-refractivity contribution is 0.434. The van der Waals surface area contributed by atoms with Gasteiger partial charge in [-0.25, -0.2) is 4.98 Å². The molecule has 2 aliphatic heterocycles. The predicted octanol–water partition coefficient (Wildman–Crippen LogP) is 5.31. The number of benzene rings is 1. The fraction of sp³-hybridized carbons (Fsp3) is 0.524. The number of hydrogen-bond acceptors (Lipinski definition) is 4. The van der Waals surface area contributed by atoms with E-state index in [1.54, 1.807) is 0 Å². The summed E-state index contributed by atoms with van der Waals surface area (Å²) < 4.78 is 0. The summed E-state index contributed by atoms with van der Waals surface area (Å²) >= 11 is 0. The first-order valence-corrected chi connectivity index (χ1v) is 9.79. The molecule has 0 bridgehead atoms. The molecule has 3 aliphatic rings. The third-order valence-electron chi connectivity index (χ3n) is 5.56. The van der Waals surface area contributed by atoms with Gasteiger partial charge in [-0.3, -0.25) is 0 Å². The number of aromatic nitrogens is 4. The van der Waals surface area contributed by atoms with E-state index in [0.29, 0.717) is 11.7 Å². The van der Waals surface area contributed by atoms with Crippen molar-refractivity contribution in [2.75, 3.05) is 0 Å². The summed E-state index contributed by atoms with van der Waals surface area (Å²) in [5.41, 5.74) is 3.54. The van der Waals surface area contributed by atoms with Gasteiger partial charge in [0.1, 0.15) is 5.69 Å². The molecule has 1 saturated carbocycles. The van der Waals surface area contributed by atoms with Crippen molar-refractivity contribution in [2.24, 2.45) is 0 Å². The van der Waals surface area contributed by atoms with Gasteiger partial charge in [-0.2, -0.15) is 0 Å². The molecule has 0 spiro atoms. The standard InChI is InChI=1S/C21H26N4/c1-2-3-5-13-17-16-12-8-9-14-18(16)20-21(24-25-23-20)22-19(17)15-10-6-4-7-11-15/h8-9,12,14-15H,2-7,10-11,13H2,1H3. The van der Waals surface area contributed by atoms with E-state index in [1.807, 2.05) is 0 Å². The van der Waals surface area contributed by atoms with E-state index in [2.05, 4.69) is 46.6 Å². The molecule has 0 saturated heterocycles. The largest absolute Gasteiger partial charge is 0.229 e. The fourth-order valence-corrected chi connectivity index (χ4v) is 4.25. The second-order valence-electron chi connectivity index (χ2n) is 7.27. The molecular formula is C21H26N4. The number of aryl methyl sites for hydroxylation is 1. The Labute approximate surface area is 149 Å². The minimum atomic E-state index is 0.557. The van der Waals surface area contributed by atoms with Crippen molar-refractivity contribution in [1.82, 2.24) is 20.4 Å². The summed E-state index contributed by atoms with van der Waals surface area (Å²) in [5.74, 6) is 1.26. The Hall–Kier alpha value is -2.10. The van der Waals surface area contributed by atoms with Crippen molar-refractivity contribution in [2.45, 2.75) is 70.6 Å². The molecule has 25 heavy (non-hydrogen) atoms. The van der Waals surface area contributed by atoms with E-state index < -0.39 is 0 Å². The van der Waals surface area contributed by atoms with Gasteiger partial charge in [0, 0.05) is 17.0 Å². The van der Waals surface area contributed by atoms with Crippen LogP contribution >= 0.6 is 0 Å². The number of nitrogens with zero attached hydrogens (tertiary/aromatic N) is 4. The molecule has 0 amide bonds. The Morgan fingerprint density at radius 2 is 1.76 bits per heavy atom. The summed E-state index contributed by atoms with van der Waals surface area (Å²) in [5, 5.41) is 14.9. The van der Waals surface area contributed by atoms with Crippen LogP contribution < -0.4 is 0 Å². The van der Waals surface area contributed by atoms with E-state index in [4.69, 9.17) is 4.98 Å². The van der Waals surface area contributed by atoms with Crippen molar-refractivity contribution in [1.29, 1.82) is 0 Å². The summed E-state index contributed by atoms with van der Waals surface area (Å²) in [6.45, 7) is 2.26. The van der Waals surface area contributed by atoms with Crippen molar-refractivity contribution in [3.63, 3.8) is 0 Å². The molecule has 1 aliphatic carbocycles. The zero-order valence-electron chi connectivity index (χ0n) is 15.0. The molecule has 1 fully saturated rings. The Morgan fingerprint density at radius 1 is 0.960 bits per heavy atom. The van der Waals surface area contributed by atoms with Crippen LogP contribution in [0.2, 0.25) is 0 Å². The van der Waals surface area contributed by atoms with Gasteiger partial charge in [0.15, 0.2) is 0 Å². The lowest BCUT2D eigenvalue weighted by Crippen LogP contribution is -2.09. The molecule has 0 atom stereocenters. The topological polar surface area (TPSA) is 51.6 Å². The Kier molecular flexibility index (Phi) is 4.86. The molecule has 130 valence electrons. The highest BCUT2D eigenvalue weighted by atomic mass is 15.4. The zero-order chi connectivity index (χ0) is 17.1. The lowest BCUT2D eigenvalue weighted by atomic mass is 9.83. The third-order valence-corrected chi connectivity index (χ3v) is 5.56. The number of rotatable bonds is 5. The van der Waals surface area contributed by atoms with E-state index in [-0.39, 0.29) is 0 Å². The summed E-state index contributed by atoms with van der Waals surface area (Å²) in [7, 11) is 0. The second kappa shape index (κ2) is 7.42. The van der Waals surface area contributed by atoms with Crippen molar-refractivity contribution < 1.29 is 0 Å². The average molecular weight is 334 g/mol. The first-order chi connectivity index (χ1) is 12.4. The molecule has 0 unspecified atom stereocenters. The molecule has 2 heterocycles. The molecular weight excluding hydrogens is 308 g/mol. The summed E-state index contributed by atoms with van der Waals surface area (Å²) in [6, 6.07) is 8.58. The van der Waals surface area contributed by atoms with Gasteiger partial charge in [0.05, 0.1) is 0 Å². The van der Waals surface area contributed by atoms with Gasteiger partial charge in [-0.15, -0.1) is 10.2 Å². The van der Waals surface area contributed by atoms with Crippen LogP contribution in [0.1, 0.15) is 75.5 Å². The highest BCUT2D eigenvalue weighted by molar-refractivity contribution is 5.95. The van der Waals surface area contributed by atoms with Crippen molar-refractivity contribution in [3.05, 3.63) is 35.5 Å². The van der Waals surface area contributed by atoms with E-state index in [1.165, 1.54) is 68.0 Å². The molecule has 4 heteroatoms. The van der Waals surface area contributed by atoms with Gasteiger partial charge in [0.25, 0.3) is 0 Å². The first kappa shape index (κ1) is 16.4. The molecule has 4 nitrogen and oxygen atoms in total. The number of unbranched alkanes of at least 4 members (excludes halogenated alkanes) is 2. The molecule has 4 rings (SSSR count). The van der Waals surface area contributed by atoms with E-state index in [9.17, 15) is 0 Å². The summed E-state index contributed by atoms with van der Waals surface area (Å²) in [6.07, 6.45) is 11.3. The predicted molar refractivity (Wildman–Crippen MR) is 101 cm³/mol. The van der Waals surface area contributed by atoms with E-state index in [0.717, 1.165) is 17.5 Å². The minimum Gasteiger partial charge on any atom is -0.229 e. The maximum Gasteiger partial charge on any atom is 0.205 e. The molecule has 1 aromatic carbocycles. The van der Waals surface area contributed by atoms with Gasteiger partial charge in [0.2, 0.25) is 5.82 Å². The van der Waals surface area contributed by atoms with Crippen LogP contribution in [0, 0.1) is 0 Å². The molecule has 0 N–H and O–H groups in total. The highest BCUT2D eigenvalue weighted by Crippen LogP contribution is 2.38. The summed E-state index contributed by atoms with van der Waals surface area (Å²) in [4.78, 5) is 5.04.